The Balaban J connectivity index is 1.12. The van der Waals surface area contributed by atoms with E-state index in [-0.39, 0.29) is 0 Å². The molecule has 5 aromatic rings. The zero-order chi connectivity index (χ0) is 25.3. The lowest BCUT2D eigenvalue weighted by Gasteiger charge is -2.41. The van der Waals surface area contributed by atoms with Gasteiger partial charge in [0.25, 0.3) is 0 Å². The summed E-state index contributed by atoms with van der Waals surface area (Å²) in [7, 11) is 0. The molecule has 0 atom stereocenters. The maximum atomic E-state index is 4.93. The van der Waals surface area contributed by atoms with E-state index in [0.717, 1.165) is 64.8 Å². The smallest absolute Gasteiger partial charge is 0.159 e. The summed E-state index contributed by atoms with van der Waals surface area (Å²) in [5.74, 6) is 0.793. The first-order valence-electron chi connectivity index (χ1n) is 14.1. The van der Waals surface area contributed by atoms with Crippen LogP contribution in [0.4, 0.5) is 11.4 Å². The van der Waals surface area contributed by atoms with E-state index < -0.39 is 0 Å². The molecule has 0 spiro atoms. The van der Waals surface area contributed by atoms with Crippen LogP contribution in [0.25, 0.3) is 33.5 Å². The van der Waals surface area contributed by atoms with E-state index in [4.69, 9.17) is 4.98 Å². The molecule has 3 N–H and O–H groups in total. The third-order valence-electron chi connectivity index (χ3n) is 8.34. The standard InChI is InChI=1S/C31H35N7/c1-3-8-22(9-4-1)21-32-26-10-7-11-27-29(26)30(36-35-27)31-33-25-13-12-24(20-28(25)34-31)38-18-14-23(15-19-38)37-16-5-2-6-17-37/h1,3-4,7-13,20,23,32H,2,5-6,14-19,21H2,(H,33,34)(H,35,36). The summed E-state index contributed by atoms with van der Waals surface area (Å²) in [5, 5.41) is 12.5. The molecule has 4 heterocycles. The van der Waals surface area contributed by atoms with Crippen LogP contribution in [-0.2, 0) is 6.54 Å². The number of benzene rings is 3. The van der Waals surface area contributed by atoms with Crippen molar-refractivity contribution in [2.24, 2.45) is 0 Å². The number of piperidine rings is 2. The minimum Gasteiger partial charge on any atom is -0.380 e. The van der Waals surface area contributed by atoms with Gasteiger partial charge in [0.2, 0.25) is 0 Å². The minimum atomic E-state index is 0.752. The molecule has 194 valence electrons. The highest BCUT2D eigenvalue weighted by Crippen LogP contribution is 2.33. The molecule has 3 aromatic carbocycles. The van der Waals surface area contributed by atoms with Crippen molar-refractivity contribution in [3.05, 3.63) is 72.3 Å². The summed E-state index contributed by atoms with van der Waals surface area (Å²) in [6.45, 7) is 5.57. The van der Waals surface area contributed by atoms with Gasteiger partial charge in [-0.2, -0.15) is 5.10 Å². The van der Waals surface area contributed by atoms with Crippen molar-refractivity contribution in [3.8, 4) is 11.5 Å². The molecular weight excluding hydrogens is 470 g/mol. The first-order valence-corrected chi connectivity index (χ1v) is 14.1. The molecule has 38 heavy (non-hydrogen) atoms. The zero-order valence-corrected chi connectivity index (χ0v) is 21.8. The summed E-state index contributed by atoms with van der Waals surface area (Å²) in [5.41, 5.74) is 7.44. The van der Waals surface area contributed by atoms with E-state index in [9.17, 15) is 0 Å². The molecule has 2 fully saturated rings. The van der Waals surface area contributed by atoms with Gasteiger partial charge in [-0.1, -0.05) is 42.8 Å². The molecule has 0 unspecified atom stereocenters. The zero-order valence-electron chi connectivity index (χ0n) is 21.8. The van der Waals surface area contributed by atoms with E-state index in [1.54, 1.807) is 0 Å². The maximum absolute atomic E-state index is 4.93. The van der Waals surface area contributed by atoms with Gasteiger partial charge in [-0.15, -0.1) is 0 Å². The fourth-order valence-electron chi connectivity index (χ4n) is 6.26. The molecule has 0 saturated carbocycles. The Morgan fingerprint density at radius 3 is 2.53 bits per heavy atom. The van der Waals surface area contributed by atoms with Gasteiger partial charge in [0.15, 0.2) is 5.82 Å². The largest absolute Gasteiger partial charge is 0.380 e. The first-order chi connectivity index (χ1) is 18.8. The Labute approximate surface area is 223 Å². The normalized spacial score (nSPS) is 17.4. The lowest BCUT2D eigenvalue weighted by Crippen LogP contribution is -2.46. The van der Waals surface area contributed by atoms with Crippen molar-refractivity contribution in [1.82, 2.24) is 25.1 Å². The molecule has 7 heteroatoms. The number of imidazole rings is 1. The molecule has 7 rings (SSSR count). The highest BCUT2D eigenvalue weighted by molar-refractivity contribution is 6.01. The predicted octanol–water partition coefficient (Wildman–Crippen LogP) is 6.17. The predicted molar refractivity (Wildman–Crippen MR) is 156 cm³/mol. The summed E-state index contributed by atoms with van der Waals surface area (Å²) in [4.78, 5) is 13.8. The Morgan fingerprint density at radius 1 is 0.842 bits per heavy atom. The fourth-order valence-corrected chi connectivity index (χ4v) is 6.26. The third-order valence-corrected chi connectivity index (χ3v) is 8.34. The van der Waals surface area contributed by atoms with Crippen molar-refractivity contribution in [2.75, 3.05) is 36.4 Å². The number of aromatic amines is 2. The van der Waals surface area contributed by atoms with Crippen LogP contribution in [0.3, 0.4) is 0 Å². The van der Waals surface area contributed by atoms with Gasteiger partial charge >= 0.3 is 0 Å². The number of aromatic nitrogens is 4. The van der Waals surface area contributed by atoms with Gasteiger partial charge in [-0.05, 0) is 74.7 Å². The number of H-pyrrole nitrogens is 2. The second-order valence-corrected chi connectivity index (χ2v) is 10.7. The average molecular weight is 506 g/mol. The number of hydrogen-bond acceptors (Lipinski definition) is 5. The molecule has 0 aliphatic carbocycles. The lowest BCUT2D eigenvalue weighted by molar-refractivity contribution is 0.141. The van der Waals surface area contributed by atoms with Gasteiger partial charge in [-0.3, -0.25) is 5.10 Å². The quantitative estimate of drug-likeness (QED) is 0.257. The first kappa shape index (κ1) is 23.3. The Bertz CT molecular complexity index is 1520. The molecule has 0 bridgehead atoms. The van der Waals surface area contributed by atoms with Gasteiger partial charge in [0.1, 0.15) is 5.69 Å². The molecule has 0 radical (unpaired) electrons. The second-order valence-electron chi connectivity index (χ2n) is 10.7. The van der Waals surface area contributed by atoms with E-state index in [0.29, 0.717) is 0 Å². The monoisotopic (exact) mass is 505 g/mol. The number of nitrogens with one attached hydrogen (secondary N) is 3. The third kappa shape index (κ3) is 4.52. The van der Waals surface area contributed by atoms with Crippen LogP contribution in [0.15, 0.2) is 66.7 Å². The van der Waals surface area contributed by atoms with Crippen molar-refractivity contribution in [3.63, 3.8) is 0 Å². The van der Waals surface area contributed by atoms with Crippen LogP contribution in [0.5, 0.6) is 0 Å². The fraction of sp³-hybridized carbons (Fsp3) is 0.355. The summed E-state index contributed by atoms with van der Waals surface area (Å²) in [6.07, 6.45) is 6.65. The highest BCUT2D eigenvalue weighted by Gasteiger charge is 2.26. The number of rotatable bonds is 6. The van der Waals surface area contributed by atoms with Crippen LogP contribution in [0.1, 0.15) is 37.7 Å². The molecule has 2 aromatic heterocycles. The van der Waals surface area contributed by atoms with Crippen molar-refractivity contribution in [2.45, 2.75) is 44.7 Å². The number of nitrogens with zero attached hydrogens (tertiary/aromatic N) is 4. The van der Waals surface area contributed by atoms with Gasteiger partial charge in [-0.25, -0.2) is 4.98 Å². The Hall–Kier alpha value is -3.84. The van der Waals surface area contributed by atoms with E-state index in [2.05, 4.69) is 91.0 Å². The number of hydrogen-bond donors (Lipinski definition) is 3. The van der Waals surface area contributed by atoms with E-state index >= 15 is 0 Å². The van der Waals surface area contributed by atoms with Crippen LogP contribution in [0.2, 0.25) is 0 Å². The summed E-state index contributed by atoms with van der Waals surface area (Å²) >= 11 is 0. The molecule has 7 nitrogen and oxygen atoms in total. The molecular formula is C31H35N7. The van der Waals surface area contributed by atoms with Crippen LogP contribution in [-0.4, -0.2) is 57.3 Å². The molecule has 0 amide bonds. The van der Waals surface area contributed by atoms with Crippen LogP contribution in [0, 0.1) is 0 Å². The van der Waals surface area contributed by atoms with E-state index in [1.807, 2.05) is 6.07 Å². The van der Waals surface area contributed by atoms with E-state index in [1.165, 1.54) is 56.4 Å². The highest BCUT2D eigenvalue weighted by atomic mass is 15.2. The molecule has 2 saturated heterocycles. The minimum absolute atomic E-state index is 0.752. The van der Waals surface area contributed by atoms with Gasteiger partial charge in [0, 0.05) is 37.1 Å². The van der Waals surface area contributed by atoms with Gasteiger partial charge in [0.05, 0.1) is 21.9 Å². The van der Waals surface area contributed by atoms with Gasteiger partial charge < -0.3 is 20.1 Å². The second kappa shape index (κ2) is 10.1. The van der Waals surface area contributed by atoms with Crippen molar-refractivity contribution in [1.29, 1.82) is 0 Å². The number of likely N-dealkylation sites (tertiary alicyclic amines) is 1. The lowest BCUT2D eigenvalue weighted by atomic mass is 9.99. The maximum Gasteiger partial charge on any atom is 0.159 e. The average Bonchev–Trinajstić information content (AvgIpc) is 3.61. The topological polar surface area (TPSA) is 75.9 Å². The Kier molecular flexibility index (Phi) is 6.21. The number of fused-ring (bicyclic) bond motifs is 2. The number of anilines is 2. The van der Waals surface area contributed by atoms with Crippen molar-refractivity contribution < 1.29 is 0 Å². The SMILES string of the molecule is c1ccc(CNc2cccc3[nH]nc(-c4nc5ccc(N6CCC(N7CCCCC7)CC6)cc5[nH]4)c23)cc1. The van der Waals surface area contributed by atoms with Crippen LogP contribution >= 0.6 is 0 Å². The summed E-state index contributed by atoms with van der Waals surface area (Å²) < 4.78 is 0. The molecule has 2 aliphatic rings. The van der Waals surface area contributed by atoms with Crippen LogP contribution < -0.4 is 10.2 Å². The Morgan fingerprint density at radius 2 is 1.68 bits per heavy atom. The van der Waals surface area contributed by atoms with Crippen molar-refractivity contribution >= 4 is 33.3 Å². The molecule has 2 aliphatic heterocycles. The summed E-state index contributed by atoms with van der Waals surface area (Å²) in [6, 6.07) is 24.1.